The zero-order valence-corrected chi connectivity index (χ0v) is 14.4. The van der Waals surface area contributed by atoms with E-state index in [1.807, 2.05) is 6.07 Å². The minimum Gasteiger partial charge on any atom is -0.479 e. The molecular formula is C14H10ClN2O2Y-. The van der Waals surface area contributed by atoms with Gasteiger partial charge in [0.25, 0.3) is 0 Å². The maximum atomic E-state index is 11.7. The molecule has 1 aromatic heterocycles. The molecule has 99 valence electrons. The van der Waals surface area contributed by atoms with Gasteiger partial charge < -0.3 is 9.30 Å². The van der Waals surface area contributed by atoms with Crippen LogP contribution in [0.5, 0.6) is 5.75 Å². The first-order valence-electron chi connectivity index (χ1n) is 5.51. The summed E-state index contributed by atoms with van der Waals surface area (Å²) in [5, 5.41) is 8.56. The standard InChI is InChI=1S/C14H10ClN2O2.Y/c1-17-13(7-6-12(15)14(17)18)10-2-4-11(5-3-10)19-9-8-16;/h2-6H,9H2,1H3;/q-1;. The normalized spacial score (nSPS) is 9.45. The second-order valence-corrected chi connectivity index (χ2v) is 4.23. The van der Waals surface area contributed by atoms with Crippen molar-refractivity contribution in [3.05, 3.63) is 51.8 Å². The zero-order valence-electron chi connectivity index (χ0n) is 10.8. The number of rotatable bonds is 3. The first kappa shape index (κ1) is 16.9. The molecule has 0 N–H and O–H groups in total. The van der Waals surface area contributed by atoms with Crippen molar-refractivity contribution in [3.8, 4) is 23.1 Å². The SMILES string of the molecule is Cn1c(-c2ccc(OCC#N)cc2)[c-]cc(Cl)c1=O.[Y]. The number of nitrogens with zero attached hydrogens (tertiary/aromatic N) is 2. The van der Waals surface area contributed by atoms with Crippen molar-refractivity contribution in [1.82, 2.24) is 4.57 Å². The molecule has 4 nitrogen and oxygen atoms in total. The van der Waals surface area contributed by atoms with Crippen LogP contribution in [0, 0.1) is 17.4 Å². The van der Waals surface area contributed by atoms with Crippen molar-refractivity contribution in [2.45, 2.75) is 0 Å². The monoisotopic (exact) mass is 362 g/mol. The third kappa shape index (κ3) is 3.70. The Kier molecular flexibility index (Phi) is 6.41. The molecule has 0 saturated carbocycles. The Bertz CT molecular complexity index is 690. The third-order valence-corrected chi connectivity index (χ3v) is 2.88. The molecule has 0 aliphatic heterocycles. The topological polar surface area (TPSA) is 55.0 Å². The third-order valence-electron chi connectivity index (χ3n) is 2.61. The van der Waals surface area contributed by atoms with Crippen molar-refractivity contribution in [3.63, 3.8) is 0 Å². The molecule has 1 aromatic carbocycles. The molecule has 1 radical (unpaired) electrons. The fourth-order valence-electron chi connectivity index (χ4n) is 1.65. The number of halogens is 1. The van der Waals surface area contributed by atoms with Crippen molar-refractivity contribution < 1.29 is 37.4 Å². The van der Waals surface area contributed by atoms with Gasteiger partial charge in [0.2, 0.25) is 5.56 Å². The van der Waals surface area contributed by atoms with Crippen LogP contribution in [0.15, 0.2) is 35.1 Å². The molecule has 0 bridgehead atoms. The molecule has 1 heterocycles. The number of hydrogen-bond acceptors (Lipinski definition) is 3. The van der Waals surface area contributed by atoms with Crippen LogP contribution in [0.4, 0.5) is 0 Å². The van der Waals surface area contributed by atoms with Crippen LogP contribution >= 0.6 is 11.6 Å². The molecule has 0 aliphatic rings. The summed E-state index contributed by atoms with van der Waals surface area (Å²) in [6.07, 6.45) is 0. The van der Waals surface area contributed by atoms with Crippen LogP contribution in [0.1, 0.15) is 0 Å². The van der Waals surface area contributed by atoms with Crippen LogP contribution in [0.3, 0.4) is 0 Å². The molecule has 0 aliphatic carbocycles. The van der Waals surface area contributed by atoms with Crippen molar-refractivity contribution in [2.75, 3.05) is 6.61 Å². The van der Waals surface area contributed by atoms with Crippen molar-refractivity contribution in [1.29, 1.82) is 5.26 Å². The smallest absolute Gasteiger partial charge is 0.212 e. The molecule has 6 heteroatoms. The Morgan fingerprint density at radius 2 is 2.05 bits per heavy atom. The quantitative estimate of drug-likeness (QED) is 0.788. The van der Waals surface area contributed by atoms with Gasteiger partial charge in [0.05, 0.1) is 0 Å². The summed E-state index contributed by atoms with van der Waals surface area (Å²) in [7, 11) is 1.64. The number of benzene rings is 1. The summed E-state index contributed by atoms with van der Waals surface area (Å²) in [6.45, 7) is 0.00486. The Morgan fingerprint density at radius 3 is 2.65 bits per heavy atom. The maximum absolute atomic E-state index is 11.7. The van der Waals surface area contributed by atoms with E-state index in [4.69, 9.17) is 21.6 Å². The average Bonchev–Trinajstić information content (AvgIpc) is 2.44. The van der Waals surface area contributed by atoms with Gasteiger partial charge in [-0.25, -0.2) is 0 Å². The van der Waals surface area contributed by atoms with Crippen LogP contribution in [0.25, 0.3) is 11.3 Å². The van der Waals surface area contributed by atoms with E-state index in [1.54, 1.807) is 31.3 Å². The van der Waals surface area contributed by atoms with Crippen LogP contribution in [-0.4, -0.2) is 11.2 Å². The second-order valence-electron chi connectivity index (χ2n) is 3.82. The summed E-state index contributed by atoms with van der Waals surface area (Å²) in [5.41, 5.74) is 1.20. The summed E-state index contributed by atoms with van der Waals surface area (Å²) < 4.78 is 6.60. The molecule has 0 atom stereocenters. The maximum Gasteiger partial charge on any atom is 0.212 e. The van der Waals surface area contributed by atoms with Gasteiger partial charge in [-0.3, -0.25) is 4.79 Å². The molecule has 0 fully saturated rings. The number of hydrogen-bond donors (Lipinski definition) is 0. The number of pyridine rings is 1. The molecule has 20 heavy (non-hydrogen) atoms. The van der Waals surface area contributed by atoms with Gasteiger partial charge >= 0.3 is 0 Å². The predicted octanol–water partition coefficient (Wildman–Crippen LogP) is 2.41. The van der Waals surface area contributed by atoms with E-state index in [0.717, 1.165) is 5.56 Å². The van der Waals surface area contributed by atoms with Gasteiger partial charge in [-0.05, 0) is 12.1 Å². The fraction of sp³-hybridized carbons (Fsp3) is 0.143. The van der Waals surface area contributed by atoms with E-state index >= 15 is 0 Å². The number of nitriles is 1. The second kappa shape index (κ2) is 7.59. The molecule has 0 spiro atoms. The van der Waals surface area contributed by atoms with Crippen molar-refractivity contribution in [2.24, 2.45) is 7.05 Å². The van der Waals surface area contributed by atoms with Gasteiger partial charge in [-0.1, -0.05) is 11.3 Å². The van der Waals surface area contributed by atoms with Gasteiger partial charge in [-0.15, -0.1) is 12.1 Å². The van der Waals surface area contributed by atoms with E-state index in [2.05, 4.69) is 6.07 Å². The fourth-order valence-corrected chi connectivity index (χ4v) is 1.83. The molecule has 0 amide bonds. The first-order chi connectivity index (χ1) is 9.13. The number of aromatic nitrogens is 1. The van der Waals surface area contributed by atoms with Crippen LogP contribution < -0.4 is 10.3 Å². The average molecular weight is 363 g/mol. The van der Waals surface area contributed by atoms with E-state index in [0.29, 0.717) is 11.4 Å². The molecular weight excluding hydrogens is 353 g/mol. The van der Waals surface area contributed by atoms with Crippen molar-refractivity contribution >= 4 is 11.6 Å². The minimum absolute atomic E-state index is 0. The summed E-state index contributed by atoms with van der Waals surface area (Å²) in [4.78, 5) is 11.7. The van der Waals surface area contributed by atoms with Gasteiger partial charge in [0, 0.05) is 44.8 Å². The molecule has 0 saturated heterocycles. The Hall–Kier alpha value is -1.15. The van der Waals surface area contributed by atoms with E-state index in [1.165, 1.54) is 10.6 Å². The summed E-state index contributed by atoms with van der Waals surface area (Å²) in [5.74, 6) is 0.601. The van der Waals surface area contributed by atoms with Gasteiger partial charge in [0.1, 0.15) is 11.8 Å². The summed E-state index contributed by atoms with van der Waals surface area (Å²) in [6, 6.07) is 13.4. The van der Waals surface area contributed by atoms with Gasteiger partial charge in [-0.2, -0.15) is 29.0 Å². The molecule has 2 rings (SSSR count). The van der Waals surface area contributed by atoms with E-state index < -0.39 is 0 Å². The first-order valence-corrected chi connectivity index (χ1v) is 5.88. The predicted molar refractivity (Wildman–Crippen MR) is 72.1 cm³/mol. The number of ether oxygens (including phenoxy) is 1. The van der Waals surface area contributed by atoms with E-state index in [-0.39, 0.29) is 49.9 Å². The minimum atomic E-state index is -0.264. The Balaban J connectivity index is 0.00000200. The Morgan fingerprint density at radius 1 is 1.40 bits per heavy atom. The van der Waals surface area contributed by atoms with Crippen LogP contribution in [0.2, 0.25) is 5.02 Å². The largest absolute Gasteiger partial charge is 0.479 e. The molecule has 0 unspecified atom stereocenters. The zero-order chi connectivity index (χ0) is 13.8. The van der Waals surface area contributed by atoms with Crippen LogP contribution in [-0.2, 0) is 39.8 Å². The van der Waals surface area contributed by atoms with E-state index in [9.17, 15) is 4.79 Å². The van der Waals surface area contributed by atoms with Gasteiger partial charge in [0.15, 0.2) is 6.61 Å². The summed E-state index contributed by atoms with van der Waals surface area (Å²) >= 11 is 5.74. The molecule has 2 aromatic rings. The Labute approximate surface area is 146 Å².